The summed E-state index contributed by atoms with van der Waals surface area (Å²) in [6, 6.07) is 7.96. The quantitative estimate of drug-likeness (QED) is 0.896. The van der Waals surface area contributed by atoms with Crippen molar-refractivity contribution in [1.29, 1.82) is 0 Å². The second-order valence-corrected chi connectivity index (χ2v) is 5.42. The third kappa shape index (κ3) is 2.08. The second kappa shape index (κ2) is 4.82. The molecule has 3 rings (SSSR count). The van der Waals surface area contributed by atoms with Gasteiger partial charge in [-0.05, 0) is 43.5 Å². The molecule has 1 unspecified atom stereocenters. The van der Waals surface area contributed by atoms with Gasteiger partial charge < -0.3 is 9.88 Å². The molecule has 0 bridgehead atoms. The SMILES string of the molecule is CCN1CCC(c2c(C)[nH]c(=O)c3ccccc23)C1. The average Bonchev–Trinajstić information content (AvgIpc) is 2.87. The molecule has 0 spiro atoms. The van der Waals surface area contributed by atoms with Crippen molar-refractivity contribution in [1.82, 2.24) is 9.88 Å². The number of hydrogen-bond donors (Lipinski definition) is 1. The van der Waals surface area contributed by atoms with E-state index >= 15 is 0 Å². The van der Waals surface area contributed by atoms with Gasteiger partial charge in [0.1, 0.15) is 0 Å². The Balaban J connectivity index is 2.16. The zero-order valence-electron chi connectivity index (χ0n) is 11.6. The van der Waals surface area contributed by atoms with E-state index in [1.807, 2.05) is 25.1 Å². The van der Waals surface area contributed by atoms with Crippen LogP contribution in [-0.4, -0.2) is 29.5 Å². The largest absolute Gasteiger partial charge is 0.326 e. The van der Waals surface area contributed by atoms with E-state index < -0.39 is 0 Å². The molecule has 0 amide bonds. The zero-order chi connectivity index (χ0) is 13.4. The van der Waals surface area contributed by atoms with E-state index in [9.17, 15) is 4.79 Å². The van der Waals surface area contributed by atoms with Gasteiger partial charge in [-0.3, -0.25) is 4.79 Å². The van der Waals surface area contributed by atoms with Crippen LogP contribution in [0.4, 0.5) is 0 Å². The first-order valence-electron chi connectivity index (χ1n) is 7.04. The number of hydrogen-bond acceptors (Lipinski definition) is 2. The molecule has 2 aromatic rings. The van der Waals surface area contributed by atoms with Crippen LogP contribution < -0.4 is 5.56 Å². The summed E-state index contributed by atoms with van der Waals surface area (Å²) in [6.07, 6.45) is 1.19. The normalized spacial score (nSPS) is 20.2. The Hall–Kier alpha value is -1.61. The van der Waals surface area contributed by atoms with E-state index in [0.717, 1.165) is 36.1 Å². The minimum Gasteiger partial charge on any atom is -0.326 e. The number of likely N-dealkylation sites (tertiary alicyclic amines) is 1. The Bertz CT molecular complexity index is 659. The molecule has 1 fully saturated rings. The summed E-state index contributed by atoms with van der Waals surface area (Å²) in [5.41, 5.74) is 2.40. The zero-order valence-corrected chi connectivity index (χ0v) is 11.6. The molecule has 0 saturated carbocycles. The molecule has 1 N–H and O–H groups in total. The maximum Gasteiger partial charge on any atom is 0.256 e. The molecule has 0 aliphatic carbocycles. The highest BCUT2D eigenvalue weighted by atomic mass is 16.1. The molecule has 2 heterocycles. The molecular formula is C16H20N2O. The van der Waals surface area contributed by atoms with Gasteiger partial charge in [-0.2, -0.15) is 0 Å². The Labute approximate surface area is 113 Å². The number of aromatic amines is 1. The highest BCUT2D eigenvalue weighted by Gasteiger charge is 2.26. The van der Waals surface area contributed by atoms with Gasteiger partial charge in [0.05, 0.1) is 0 Å². The van der Waals surface area contributed by atoms with Crippen molar-refractivity contribution in [2.24, 2.45) is 0 Å². The fourth-order valence-corrected chi connectivity index (χ4v) is 3.30. The van der Waals surface area contributed by atoms with Gasteiger partial charge in [-0.1, -0.05) is 25.1 Å². The number of pyridine rings is 1. The molecule has 1 aliphatic rings. The van der Waals surface area contributed by atoms with E-state index in [-0.39, 0.29) is 5.56 Å². The van der Waals surface area contributed by atoms with Crippen LogP contribution >= 0.6 is 0 Å². The standard InChI is InChI=1S/C16H20N2O/c1-3-18-9-8-12(10-18)15-11(2)17-16(19)14-7-5-4-6-13(14)15/h4-7,12H,3,8-10H2,1-2H3,(H,17,19). The van der Waals surface area contributed by atoms with Crippen molar-refractivity contribution in [2.75, 3.05) is 19.6 Å². The van der Waals surface area contributed by atoms with Crippen LogP contribution in [0.1, 0.15) is 30.5 Å². The number of fused-ring (bicyclic) bond motifs is 1. The molecule has 3 nitrogen and oxygen atoms in total. The fourth-order valence-electron chi connectivity index (χ4n) is 3.30. The first kappa shape index (κ1) is 12.4. The molecule has 0 radical (unpaired) electrons. The Morgan fingerprint density at radius 1 is 1.32 bits per heavy atom. The number of nitrogens with one attached hydrogen (secondary N) is 1. The molecular weight excluding hydrogens is 236 g/mol. The molecule has 19 heavy (non-hydrogen) atoms. The third-order valence-electron chi connectivity index (χ3n) is 4.29. The minimum atomic E-state index is 0.0298. The van der Waals surface area contributed by atoms with E-state index in [1.165, 1.54) is 12.0 Å². The van der Waals surface area contributed by atoms with E-state index in [0.29, 0.717) is 5.92 Å². The van der Waals surface area contributed by atoms with Crippen molar-refractivity contribution < 1.29 is 0 Å². The average molecular weight is 256 g/mol. The molecule has 1 aliphatic heterocycles. The summed E-state index contributed by atoms with van der Waals surface area (Å²) in [5, 5.41) is 1.95. The number of rotatable bonds is 2. The number of H-pyrrole nitrogens is 1. The predicted molar refractivity (Wildman–Crippen MR) is 78.8 cm³/mol. The van der Waals surface area contributed by atoms with Gasteiger partial charge in [0.15, 0.2) is 0 Å². The number of benzene rings is 1. The number of likely N-dealkylation sites (N-methyl/N-ethyl adjacent to an activating group) is 1. The third-order valence-corrected chi connectivity index (χ3v) is 4.29. The first-order valence-corrected chi connectivity index (χ1v) is 7.04. The lowest BCUT2D eigenvalue weighted by Crippen LogP contribution is -2.20. The highest BCUT2D eigenvalue weighted by Crippen LogP contribution is 2.32. The van der Waals surface area contributed by atoms with Gasteiger partial charge >= 0.3 is 0 Å². The smallest absolute Gasteiger partial charge is 0.256 e. The van der Waals surface area contributed by atoms with Crippen molar-refractivity contribution >= 4 is 10.8 Å². The van der Waals surface area contributed by atoms with Crippen LogP contribution in [0.15, 0.2) is 29.1 Å². The Kier molecular flexibility index (Phi) is 3.15. The van der Waals surface area contributed by atoms with Gasteiger partial charge in [-0.25, -0.2) is 0 Å². The van der Waals surface area contributed by atoms with Gasteiger partial charge in [-0.15, -0.1) is 0 Å². The summed E-state index contributed by atoms with van der Waals surface area (Å²) in [4.78, 5) is 17.5. The van der Waals surface area contributed by atoms with Crippen LogP contribution in [0.25, 0.3) is 10.8 Å². The predicted octanol–water partition coefficient (Wildman–Crippen LogP) is 2.65. The molecule has 1 aromatic carbocycles. The summed E-state index contributed by atoms with van der Waals surface area (Å²) in [5.74, 6) is 0.543. The molecule has 1 atom stereocenters. The lowest BCUT2D eigenvalue weighted by atomic mass is 9.92. The molecule has 1 saturated heterocycles. The lowest BCUT2D eigenvalue weighted by Gasteiger charge is -2.17. The summed E-state index contributed by atoms with van der Waals surface area (Å²) < 4.78 is 0. The maximum absolute atomic E-state index is 12.0. The van der Waals surface area contributed by atoms with Gasteiger partial charge in [0.25, 0.3) is 5.56 Å². The summed E-state index contributed by atoms with van der Waals surface area (Å²) >= 11 is 0. The minimum absolute atomic E-state index is 0.0298. The monoisotopic (exact) mass is 256 g/mol. The lowest BCUT2D eigenvalue weighted by molar-refractivity contribution is 0.354. The Morgan fingerprint density at radius 2 is 2.05 bits per heavy atom. The number of aromatic nitrogens is 1. The van der Waals surface area contributed by atoms with Gasteiger partial charge in [0, 0.05) is 23.5 Å². The highest BCUT2D eigenvalue weighted by molar-refractivity contribution is 5.86. The maximum atomic E-state index is 12.0. The van der Waals surface area contributed by atoms with Crippen LogP contribution in [0.5, 0.6) is 0 Å². The number of aryl methyl sites for hydroxylation is 1. The van der Waals surface area contributed by atoms with Gasteiger partial charge in [0.2, 0.25) is 0 Å². The summed E-state index contributed by atoms with van der Waals surface area (Å²) in [6.45, 7) is 7.61. The summed E-state index contributed by atoms with van der Waals surface area (Å²) in [7, 11) is 0. The van der Waals surface area contributed by atoms with Crippen molar-refractivity contribution in [2.45, 2.75) is 26.2 Å². The second-order valence-electron chi connectivity index (χ2n) is 5.42. The Morgan fingerprint density at radius 3 is 2.74 bits per heavy atom. The molecule has 1 aromatic heterocycles. The van der Waals surface area contributed by atoms with Crippen molar-refractivity contribution in [3.8, 4) is 0 Å². The van der Waals surface area contributed by atoms with E-state index in [2.05, 4.69) is 22.9 Å². The van der Waals surface area contributed by atoms with Crippen molar-refractivity contribution in [3.63, 3.8) is 0 Å². The molecule has 100 valence electrons. The molecule has 3 heteroatoms. The number of nitrogens with zero attached hydrogens (tertiary/aromatic N) is 1. The van der Waals surface area contributed by atoms with E-state index in [4.69, 9.17) is 0 Å². The van der Waals surface area contributed by atoms with Crippen LogP contribution in [-0.2, 0) is 0 Å². The van der Waals surface area contributed by atoms with E-state index in [1.54, 1.807) is 0 Å². The topological polar surface area (TPSA) is 36.1 Å². The first-order chi connectivity index (χ1) is 9.20. The van der Waals surface area contributed by atoms with Crippen LogP contribution in [0, 0.1) is 6.92 Å². The fraction of sp³-hybridized carbons (Fsp3) is 0.438. The van der Waals surface area contributed by atoms with Crippen molar-refractivity contribution in [3.05, 3.63) is 45.9 Å². The van der Waals surface area contributed by atoms with Crippen LogP contribution in [0.3, 0.4) is 0 Å². The van der Waals surface area contributed by atoms with Crippen LogP contribution in [0.2, 0.25) is 0 Å².